The molecule has 2 rings (SSSR count). The third-order valence-corrected chi connectivity index (χ3v) is 2.17. The normalized spacial score (nSPS) is 9.88. The molecule has 1 heterocycles. The molecule has 0 amide bonds. The fraction of sp³-hybridized carbons (Fsp3) is 0.0909. The Bertz CT molecular complexity index is 516. The summed E-state index contributed by atoms with van der Waals surface area (Å²) >= 11 is 0. The van der Waals surface area contributed by atoms with Crippen LogP contribution in [0.25, 0.3) is 0 Å². The van der Waals surface area contributed by atoms with Crippen molar-refractivity contribution in [2.75, 3.05) is 5.32 Å². The van der Waals surface area contributed by atoms with Crippen molar-refractivity contribution >= 4 is 11.5 Å². The second-order valence-corrected chi connectivity index (χ2v) is 3.39. The first-order valence-electron chi connectivity index (χ1n) is 5.00. The molecule has 1 N–H and O–H groups in total. The van der Waals surface area contributed by atoms with Gasteiger partial charge >= 0.3 is 0 Å². The monoisotopic (exact) mass is 230 g/mol. The lowest BCUT2D eigenvalue weighted by atomic mass is 10.2. The van der Waals surface area contributed by atoms with E-state index in [2.05, 4.69) is 15.5 Å². The number of nitrogens with zero attached hydrogens (tertiary/aromatic N) is 3. The van der Waals surface area contributed by atoms with Crippen molar-refractivity contribution in [2.24, 2.45) is 0 Å². The molecule has 0 unspecified atom stereocenters. The Hall–Kier alpha value is -2.50. The third kappa shape index (κ3) is 2.97. The van der Waals surface area contributed by atoms with Gasteiger partial charge < -0.3 is 5.32 Å². The zero-order valence-corrected chi connectivity index (χ0v) is 8.91. The number of benzene rings is 1. The van der Waals surface area contributed by atoms with E-state index in [-0.39, 0.29) is 5.69 Å². The molecule has 0 aliphatic carbocycles. The van der Waals surface area contributed by atoms with E-state index in [9.17, 15) is 10.1 Å². The van der Waals surface area contributed by atoms with Gasteiger partial charge in [-0.3, -0.25) is 10.1 Å². The van der Waals surface area contributed by atoms with Crippen molar-refractivity contribution < 1.29 is 4.92 Å². The van der Waals surface area contributed by atoms with Crippen LogP contribution in [0.5, 0.6) is 0 Å². The molecule has 6 nitrogen and oxygen atoms in total. The summed E-state index contributed by atoms with van der Waals surface area (Å²) in [5.41, 5.74) is 0.910. The van der Waals surface area contributed by atoms with Gasteiger partial charge in [0.05, 0.1) is 4.92 Å². The van der Waals surface area contributed by atoms with E-state index >= 15 is 0 Å². The van der Waals surface area contributed by atoms with Crippen LogP contribution in [0.15, 0.2) is 42.6 Å². The molecule has 2 aromatic rings. The lowest BCUT2D eigenvalue weighted by Crippen LogP contribution is -2.02. The second kappa shape index (κ2) is 5.02. The minimum atomic E-state index is -0.411. The van der Waals surface area contributed by atoms with Crippen molar-refractivity contribution in [3.05, 3.63) is 58.3 Å². The molecule has 86 valence electrons. The summed E-state index contributed by atoms with van der Waals surface area (Å²) in [6.07, 6.45) is 1.58. The van der Waals surface area contributed by atoms with E-state index in [1.54, 1.807) is 24.4 Å². The lowest BCUT2D eigenvalue weighted by molar-refractivity contribution is -0.384. The molecule has 0 bridgehead atoms. The molecule has 0 saturated heterocycles. The fourth-order valence-electron chi connectivity index (χ4n) is 1.37. The van der Waals surface area contributed by atoms with Crippen LogP contribution in [0.1, 0.15) is 5.56 Å². The molecular weight excluding hydrogens is 220 g/mol. The molecule has 0 aliphatic heterocycles. The quantitative estimate of drug-likeness (QED) is 0.641. The van der Waals surface area contributed by atoms with Gasteiger partial charge in [0, 0.05) is 24.9 Å². The molecule has 0 fully saturated rings. The molecule has 1 aromatic carbocycles. The number of aromatic nitrogens is 2. The van der Waals surface area contributed by atoms with Gasteiger partial charge in [0.15, 0.2) is 0 Å². The SMILES string of the molecule is O=[N+]([O-])c1cccc(CNc2cccnn2)c1. The van der Waals surface area contributed by atoms with Crippen molar-refractivity contribution in [2.45, 2.75) is 6.54 Å². The highest BCUT2D eigenvalue weighted by Crippen LogP contribution is 2.13. The van der Waals surface area contributed by atoms with Crippen LogP contribution < -0.4 is 5.32 Å². The maximum atomic E-state index is 10.6. The van der Waals surface area contributed by atoms with Gasteiger partial charge in [-0.2, -0.15) is 5.10 Å². The number of nitro groups is 1. The maximum Gasteiger partial charge on any atom is 0.269 e. The van der Waals surface area contributed by atoms with Gasteiger partial charge in [-0.25, -0.2) is 0 Å². The van der Waals surface area contributed by atoms with E-state index in [0.29, 0.717) is 12.4 Å². The van der Waals surface area contributed by atoms with Gasteiger partial charge in [-0.1, -0.05) is 12.1 Å². The van der Waals surface area contributed by atoms with Crippen molar-refractivity contribution in [1.29, 1.82) is 0 Å². The summed E-state index contributed by atoms with van der Waals surface area (Å²) in [5.74, 6) is 0.638. The predicted octanol–water partition coefficient (Wildman–Crippen LogP) is 2.00. The van der Waals surface area contributed by atoms with Crippen molar-refractivity contribution in [3.8, 4) is 0 Å². The van der Waals surface area contributed by atoms with Gasteiger partial charge in [0.1, 0.15) is 5.82 Å². The van der Waals surface area contributed by atoms with Crippen LogP contribution in [0, 0.1) is 10.1 Å². The maximum absolute atomic E-state index is 10.6. The second-order valence-electron chi connectivity index (χ2n) is 3.39. The standard InChI is InChI=1S/C11H10N4O2/c16-15(17)10-4-1-3-9(7-10)8-12-11-5-2-6-13-14-11/h1-7H,8H2,(H,12,14). The number of hydrogen-bond donors (Lipinski definition) is 1. The number of anilines is 1. The largest absolute Gasteiger partial charge is 0.365 e. The van der Waals surface area contributed by atoms with Crippen LogP contribution >= 0.6 is 0 Å². The average Bonchev–Trinajstić information content (AvgIpc) is 2.38. The number of rotatable bonds is 4. The molecule has 1 aromatic heterocycles. The van der Waals surface area contributed by atoms with Crippen LogP contribution in [0.3, 0.4) is 0 Å². The molecular formula is C11H10N4O2. The van der Waals surface area contributed by atoms with Gasteiger partial charge in [-0.15, -0.1) is 5.10 Å². The number of nitro benzene ring substituents is 1. The van der Waals surface area contributed by atoms with E-state index in [4.69, 9.17) is 0 Å². The molecule has 0 saturated carbocycles. The van der Waals surface area contributed by atoms with E-state index in [1.165, 1.54) is 12.1 Å². The van der Waals surface area contributed by atoms with Gasteiger partial charge in [-0.05, 0) is 17.7 Å². The fourth-order valence-corrected chi connectivity index (χ4v) is 1.37. The average molecular weight is 230 g/mol. The first-order valence-corrected chi connectivity index (χ1v) is 5.00. The number of nitrogens with one attached hydrogen (secondary N) is 1. The molecule has 0 spiro atoms. The highest BCUT2D eigenvalue weighted by Gasteiger charge is 2.05. The zero-order valence-electron chi connectivity index (χ0n) is 8.91. The summed E-state index contributed by atoms with van der Waals surface area (Å²) in [5, 5.41) is 21.2. The zero-order chi connectivity index (χ0) is 12.1. The Kier molecular flexibility index (Phi) is 3.25. The van der Waals surface area contributed by atoms with E-state index < -0.39 is 4.92 Å². The van der Waals surface area contributed by atoms with Crippen molar-refractivity contribution in [1.82, 2.24) is 10.2 Å². The van der Waals surface area contributed by atoms with Crippen LogP contribution in [-0.4, -0.2) is 15.1 Å². The predicted molar refractivity (Wildman–Crippen MR) is 62.5 cm³/mol. The van der Waals surface area contributed by atoms with Gasteiger partial charge in [0.25, 0.3) is 5.69 Å². The van der Waals surface area contributed by atoms with E-state index in [0.717, 1.165) is 5.56 Å². The molecule has 0 aliphatic rings. The van der Waals surface area contributed by atoms with Crippen LogP contribution in [0.2, 0.25) is 0 Å². The topological polar surface area (TPSA) is 81.0 Å². The highest BCUT2D eigenvalue weighted by molar-refractivity contribution is 5.38. The molecule has 17 heavy (non-hydrogen) atoms. The minimum Gasteiger partial charge on any atom is -0.365 e. The first-order chi connectivity index (χ1) is 8.25. The van der Waals surface area contributed by atoms with Crippen LogP contribution in [0.4, 0.5) is 11.5 Å². The summed E-state index contributed by atoms with van der Waals surface area (Å²) < 4.78 is 0. The summed E-state index contributed by atoms with van der Waals surface area (Å²) in [6.45, 7) is 0.473. The summed E-state index contributed by atoms with van der Waals surface area (Å²) in [4.78, 5) is 10.2. The Labute approximate surface area is 97.5 Å². The first kappa shape index (κ1) is 11.0. The minimum absolute atomic E-state index is 0.0865. The Balaban J connectivity index is 2.04. The van der Waals surface area contributed by atoms with E-state index in [1.807, 2.05) is 6.07 Å². The molecule has 0 radical (unpaired) electrons. The smallest absolute Gasteiger partial charge is 0.269 e. The Morgan fingerprint density at radius 3 is 2.88 bits per heavy atom. The Morgan fingerprint density at radius 1 is 1.29 bits per heavy atom. The van der Waals surface area contributed by atoms with Crippen molar-refractivity contribution in [3.63, 3.8) is 0 Å². The third-order valence-electron chi connectivity index (χ3n) is 2.17. The van der Waals surface area contributed by atoms with Gasteiger partial charge in [0.2, 0.25) is 0 Å². The van der Waals surface area contributed by atoms with Crippen LogP contribution in [-0.2, 0) is 6.54 Å². The summed E-state index contributed by atoms with van der Waals surface area (Å²) in [6, 6.07) is 10.0. The number of non-ortho nitro benzene ring substituents is 1. The lowest BCUT2D eigenvalue weighted by Gasteiger charge is -2.04. The summed E-state index contributed by atoms with van der Waals surface area (Å²) in [7, 11) is 0. The molecule has 0 atom stereocenters. The number of hydrogen-bond acceptors (Lipinski definition) is 5. The molecule has 6 heteroatoms. The highest BCUT2D eigenvalue weighted by atomic mass is 16.6. The Morgan fingerprint density at radius 2 is 2.18 bits per heavy atom.